The zero-order chi connectivity index (χ0) is 28.3. The number of halogens is 3. The number of hydrogen-bond donors (Lipinski definition) is 1. The molecule has 1 aliphatic heterocycles. The Morgan fingerprint density at radius 3 is 2.54 bits per heavy atom. The van der Waals surface area contributed by atoms with Gasteiger partial charge in [0.2, 0.25) is 11.7 Å². The lowest BCUT2D eigenvalue weighted by Crippen LogP contribution is -2.36. The summed E-state index contributed by atoms with van der Waals surface area (Å²) in [5, 5.41) is 13.3. The number of nitrogens with zero attached hydrogens (tertiary/aromatic N) is 2. The maximum atomic E-state index is 13.0. The molecule has 1 saturated heterocycles. The number of nitro groups is 1. The molecular weight excluding hydrogens is 539 g/mol. The Morgan fingerprint density at radius 1 is 1.10 bits per heavy atom. The number of nitro benzene ring substituents is 1. The van der Waals surface area contributed by atoms with Crippen LogP contribution in [-0.2, 0) is 15.8 Å². The molecule has 13 heteroatoms. The van der Waals surface area contributed by atoms with Crippen LogP contribution in [0.5, 0.6) is 11.5 Å². The fourth-order valence-corrected chi connectivity index (χ4v) is 4.41. The van der Waals surface area contributed by atoms with Gasteiger partial charge in [-0.1, -0.05) is 24.3 Å². The van der Waals surface area contributed by atoms with Gasteiger partial charge in [0.25, 0.3) is 11.1 Å². The third-order valence-electron chi connectivity index (χ3n) is 5.34. The van der Waals surface area contributed by atoms with Crippen molar-refractivity contribution in [1.82, 2.24) is 4.90 Å². The van der Waals surface area contributed by atoms with Crippen molar-refractivity contribution in [2.75, 3.05) is 11.9 Å². The van der Waals surface area contributed by atoms with Crippen LogP contribution in [0.4, 0.5) is 29.3 Å². The average Bonchev–Trinajstić information content (AvgIpc) is 3.11. The van der Waals surface area contributed by atoms with Gasteiger partial charge in [-0.2, -0.15) is 13.2 Å². The maximum Gasteiger partial charge on any atom is 0.416 e. The van der Waals surface area contributed by atoms with Crippen LogP contribution in [0.2, 0.25) is 0 Å². The van der Waals surface area contributed by atoms with Crippen molar-refractivity contribution in [2.24, 2.45) is 0 Å². The Morgan fingerprint density at radius 2 is 1.85 bits per heavy atom. The lowest BCUT2D eigenvalue weighted by molar-refractivity contribution is -0.385. The molecule has 1 aliphatic rings. The van der Waals surface area contributed by atoms with Crippen LogP contribution >= 0.6 is 11.8 Å². The smallest absolute Gasteiger partial charge is 0.416 e. The number of amides is 3. The number of thioether (sulfide) groups is 1. The Bertz CT molecular complexity index is 1520. The van der Waals surface area contributed by atoms with Gasteiger partial charge >= 0.3 is 11.9 Å². The minimum absolute atomic E-state index is 0.0287. The summed E-state index contributed by atoms with van der Waals surface area (Å²) in [7, 11) is 0. The number of carbonyl (C=O) groups excluding carboxylic acids is 3. The summed E-state index contributed by atoms with van der Waals surface area (Å²) < 4.78 is 44.3. The summed E-state index contributed by atoms with van der Waals surface area (Å²) in [5.74, 6) is -1.61. The molecule has 200 valence electrons. The van der Waals surface area contributed by atoms with Gasteiger partial charge < -0.3 is 10.1 Å². The van der Waals surface area contributed by atoms with Gasteiger partial charge in [0, 0.05) is 11.8 Å². The predicted molar refractivity (Wildman–Crippen MR) is 137 cm³/mol. The van der Waals surface area contributed by atoms with Crippen molar-refractivity contribution in [3.8, 4) is 11.5 Å². The molecule has 0 aromatic heterocycles. The molecule has 0 radical (unpaired) electrons. The molecule has 1 heterocycles. The fourth-order valence-electron chi connectivity index (χ4n) is 3.57. The quantitative estimate of drug-likeness (QED) is 0.203. The molecule has 1 fully saturated rings. The molecule has 39 heavy (non-hydrogen) atoms. The zero-order valence-corrected chi connectivity index (χ0v) is 20.8. The van der Waals surface area contributed by atoms with Crippen LogP contribution in [0.1, 0.15) is 16.7 Å². The Hall–Kier alpha value is -4.65. The SMILES string of the molecule is Cc1cccc(NC(=O)CN2C(=O)S/C(=C/c3cccc(Oc4ccc(C(F)(F)F)cc4[N+](=O)[O-])c3)C2=O)c1. The highest BCUT2D eigenvalue weighted by atomic mass is 32.2. The number of anilines is 1. The van der Waals surface area contributed by atoms with Gasteiger partial charge in [-0.25, -0.2) is 0 Å². The first-order valence-corrected chi connectivity index (χ1v) is 12.0. The van der Waals surface area contributed by atoms with E-state index in [9.17, 15) is 37.7 Å². The van der Waals surface area contributed by atoms with Gasteiger partial charge in [-0.3, -0.25) is 29.4 Å². The lowest BCUT2D eigenvalue weighted by Gasteiger charge is -2.12. The number of alkyl halides is 3. The Balaban J connectivity index is 1.49. The number of rotatable bonds is 7. The third-order valence-corrected chi connectivity index (χ3v) is 6.25. The van der Waals surface area contributed by atoms with E-state index in [1.807, 2.05) is 13.0 Å². The molecule has 9 nitrogen and oxygen atoms in total. The molecule has 0 aliphatic carbocycles. The van der Waals surface area contributed by atoms with Crippen molar-refractivity contribution < 1.29 is 37.2 Å². The van der Waals surface area contributed by atoms with Gasteiger partial charge in [0.05, 0.1) is 15.4 Å². The van der Waals surface area contributed by atoms with E-state index < -0.39 is 51.7 Å². The number of imide groups is 1. The fraction of sp³-hybridized carbons (Fsp3) is 0.115. The van der Waals surface area contributed by atoms with Crippen LogP contribution in [-0.4, -0.2) is 33.4 Å². The number of aryl methyl sites for hydroxylation is 1. The van der Waals surface area contributed by atoms with Crippen molar-refractivity contribution in [3.63, 3.8) is 0 Å². The third kappa shape index (κ3) is 6.62. The second-order valence-corrected chi connectivity index (χ2v) is 9.29. The molecule has 3 aromatic rings. The van der Waals surface area contributed by atoms with Crippen molar-refractivity contribution in [1.29, 1.82) is 0 Å². The standard InChI is InChI=1S/C26H18F3N3O6S/c1-15-4-2-6-18(10-15)30-23(33)14-31-24(34)22(39-25(31)35)12-16-5-3-7-19(11-16)38-21-9-8-17(26(27,28)29)13-20(21)32(36)37/h2-13H,14H2,1H3,(H,30,33)/b22-12+. The van der Waals surface area contributed by atoms with E-state index in [1.54, 1.807) is 24.3 Å². The van der Waals surface area contributed by atoms with E-state index in [0.717, 1.165) is 16.5 Å². The maximum absolute atomic E-state index is 13.0. The van der Waals surface area contributed by atoms with Crippen molar-refractivity contribution in [3.05, 3.63) is 98.4 Å². The average molecular weight is 558 g/mol. The van der Waals surface area contributed by atoms with E-state index in [1.165, 1.54) is 24.3 Å². The minimum atomic E-state index is -4.77. The number of nitrogens with one attached hydrogen (secondary N) is 1. The summed E-state index contributed by atoms with van der Waals surface area (Å²) >= 11 is 0.629. The van der Waals surface area contributed by atoms with Gasteiger partial charge in [-0.15, -0.1) is 0 Å². The second kappa shape index (κ2) is 11.0. The predicted octanol–water partition coefficient (Wildman–Crippen LogP) is 6.39. The largest absolute Gasteiger partial charge is 0.450 e. The van der Waals surface area contributed by atoms with Crippen LogP contribution in [0.25, 0.3) is 6.08 Å². The molecule has 0 bridgehead atoms. The van der Waals surface area contributed by atoms with Crippen molar-refractivity contribution >= 4 is 46.3 Å². The van der Waals surface area contributed by atoms with E-state index in [0.29, 0.717) is 35.1 Å². The molecule has 0 unspecified atom stereocenters. The highest BCUT2D eigenvalue weighted by molar-refractivity contribution is 8.18. The van der Waals surface area contributed by atoms with E-state index in [2.05, 4.69) is 5.32 Å². The summed E-state index contributed by atoms with van der Waals surface area (Å²) in [4.78, 5) is 48.8. The first-order valence-electron chi connectivity index (χ1n) is 11.2. The molecule has 1 N–H and O–H groups in total. The number of benzene rings is 3. The van der Waals surface area contributed by atoms with E-state index in [4.69, 9.17) is 4.74 Å². The van der Waals surface area contributed by atoms with Gasteiger partial charge in [-0.05, 0) is 72.3 Å². The number of hydrogen-bond acceptors (Lipinski definition) is 7. The molecule has 3 amide bonds. The van der Waals surface area contributed by atoms with Crippen LogP contribution in [0.3, 0.4) is 0 Å². The molecule has 3 aromatic carbocycles. The number of carbonyl (C=O) groups is 3. The summed E-state index contributed by atoms with van der Waals surface area (Å²) in [6, 6.07) is 14.8. The normalized spacial score (nSPS) is 14.6. The Kier molecular flexibility index (Phi) is 7.72. The van der Waals surface area contributed by atoms with Gasteiger partial charge in [0.1, 0.15) is 12.3 Å². The molecule has 0 atom stereocenters. The van der Waals surface area contributed by atoms with Gasteiger partial charge in [0.15, 0.2) is 0 Å². The van der Waals surface area contributed by atoms with Crippen LogP contribution in [0.15, 0.2) is 71.6 Å². The lowest BCUT2D eigenvalue weighted by atomic mass is 10.1. The summed E-state index contributed by atoms with van der Waals surface area (Å²) in [6.07, 6.45) is -3.40. The van der Waals surface area contributed by atoms with Crippen molar-refractivity contribution in [2.45, 2.75) is 13.1 Å². The van der Waals surface area contributed by atoms with E-state index >= 15 is 0 Å². The molecule has 4 rings (SSSR count). The molecule has 0 spiro atoms. The Labute approximate surface area is 223 Å². The molecular formula is C26H18F3N3O6S. The van der Waals surface area contributed by atoms with Crippen LogP contribution in [0, 0.1) is 17.0 Å². The summed E-state index contributed by atoms with van der Waals surface area (Å²) in [6.45, 7) is 1.36. The minimum Gasteiger partial charge on any atom is -0.450 e. The first kappa shape index (κ1) is 27.4. The summed E-state index contributed by atoms with van der Waals surface area (Å²) in [5.41, 5.74) is -0.260. The first-order chi connectivity index (χ1) is 18.4. The highest BCUT2D eigenvalue weighted by Crippen LogP contribution is 2.38. The molecule has 0 saturated carbocycles. The zero-order valence-electron chi connectivity index (χ0n) is 20.0. The second-order valence-electron chi connectivity index (χ2n) is 8.30. The monoisotopic (exact) mass is 557 g/mol. The van der Waals surface area contributed by atoms with Crippen LogP contribution < -0.4 is 10.1 Å². The highest BCUT2D eigenvalue weighted by Gasteiger charge is 2.36. The number of ether oxygens (including phenoxy) is 1. The topological polar surface area (TPSA) is 119 Å². The van der Waals surface area contributed by atoms with E-state index in [-0.39, 0.29) is 10.7 Å².